The summed E-state index contributed by atoms with van der Waals surface area (Å²) < 4.78 is 6.65. The molecule has 0 spiro atoms. The minimum absolute atomic E-state index is 0.00997. The number of nitrogens with one attached hydrogen (secondary N) is 2. The average molecular weight is 524 g/mol. The van der Waals surface area contributed by atoms with E-state index in [1.54, 1.807) is 6.08 Å². The lowest BCUT2D eigenvalue weighted by Gasteiger charge is -2.16. The van der Waals surface area contributed by atoms with Crippen LogP contribution in [0.4, 0.5) is 0 Å². The lowest BCUT2D eigenvalue weighted by Crippen LogP contribution is -2.39. The van der Waals surface area contributed by atoms with Crippen molar-refractivity contribution in [2.24, 2.45) is 47.3 Å². The molecule has 0 aromatic carbocycles. The molecular weight excluding hydrogens is 486 g/mol. The van der Waals surface area contributed by atoms with Crippen LogP contribution in [0.1, 0.15) is 38.8 Å². The highest BCUT2D eigenvalue weighted by Gasteiger charge is 2.63. The Bertz CT molecular complexity index is 1270. The van der Waals surface area contributed by atoms with Gasteiger partial charge in [0.25, 0.3) is 5.56 Å². The van der Waals surface area contributed by atoms with Gasteiger partial charge in [-0.05, 0) is 86.0 Å². The minimum atomic E-state index is -1.37. The van der Waals surface area contributed by atoms with Gasteiger partial charge in [0.2, 0.25) is 5.91 Å². The number of hydrogen-bond donors (Lipinski definition) is 4. The van der Waals surface area contributed by atoms with Crippen molar-refractivity contribution in [1.29, 1.82) is 0 Å². The molecule has 4 aliphatic carbocycles. The van der Waals surface area contributed by atoms with Crippen LogP contribution < -0.4 is 16.6 Å². The fraction of sp³-hybridized carbons (Fsp3) is 0.621. The second kappa shape index (κ2) is 10.1. The van der Waals surface area contributed by atoms with Crippen molar-refractivity contribution in [2.45, 2.75) is 57.1 Å². The number of aromatic amines is 1. The summed E-state index contributed by atoms with van der Waals surface area (Å²) >= 11 is 0. The van der Waals surface area contributed by atoms with E-state index >= 15 is 0 Å². The molecule has 0 bridgehead atoms. The summed E-state index contributed by atoms with van der Waals surface area (Å²) in [6, 6.07) is 1.13. The number of ether oxygens (including phenoxy) is 1. The summed E-state index contributed by atoms with van der Waals surface area (Å²) in [5.41, 5.74) is -1.31. The SMILES string of the molecule is C/C=C/C=C/[C@@H]1C[C@@H]1[C@H]1C[C@@H]1[C@@H]1C[C@H]1[C@@H]1C[C@@H]1/C=C/C(=O)NC[C@H]1O[C@@H](n2ccc(=O)[nH]c2=O)[C@H](O)[C@@H]1O. The first kappa shape index (κ1) is 25.5. The molecule has 6 rings (SSSR count). The number of carbonyl (C=O) groups excluding carboxylic acids is 1. The van der Waals surface area contributed by atoms with Crippen molar-refractivity contribution in [1.82, 2.24) is 14.9 Å². The number of aliphatic hydroxyl groups is 2. The molecule has 1 amide bonds. The summed E-state index contributed by atoms with van der Waals surface area (Å²) in [6.45, 7) is 2.04. The average Bonchev–Trinajstić information content (AvgIpc) is 3.70. The highest BCUT2D eigenvalue weighted by molar-refractivity contribution is 5.87. The van der Waals surface area contributed by atoms with Crippen LogP contribution in [0.5, 0.6) is 0 Å². The zero-order valence-corrected chi connectivity index (χ0v) is 21.6. The van der Waals surface area contributed by atoms with Crippen molar-refractivity contribution in [3.63, 3.8) is 0 Å². The van der Waals surface area contributed by atoms with E-state index in [0.717, 1.165) is 52.6 Å². The maximum Gasteiger partial charge on any atom is 0.330 e. The van der Waals surface area contributed by atoms with Crippen LogP contribution in [0.25, 0.3) is 0 Å². The Morgan fingerprint density at radius 3 is 2.32 bits per heavy atom. The topological polar surface area (TPSA) is 134 Å². The van der Waals surface area contributed by atoms with Gasteiger partial charge in [-0.2, -0.15) is 0 Å². The first-order chi connectivity index (χ1) is 18.4. The number of carbonyl (C=O) groups is 1. The van der Waals surface area contributed by atoms with Gasteiger partial charge < -0.3 is 20.3 Å². The molecule has 1 saturated heterocycles. The molecule has 4 N–H and O–H groups in total. The summed E-state index contributed by atoms with van der Waals surface area (Å²) in [5, 5.41) is 23.4. The third-order valence-electron chi connectivity index (χ3n) is 9.31. The zero-order valence-electron chi connectivity index (χ0n) is 21.6. The number of H-pyrrole nitrogens is 1. The van der Waals surface area contributed by atoms with Crippen molar-refractivity contribution in [2.75, 3.05) is 6.54 Å². The van der Waals surface area contributed by atoms with Crippen molar-refractivity contribution >= 4 is 5.91 Å². The largest absolute Gasteiger partial charge is 0.387 e. The highest BCUT2D eigenvalue weighted by Crippen LogP contribution is 2.70. The van der Waals surface area contributed by atoms with Crippen LogP contribution in [0, 0.1) is 47.3 Å². The van der Waals surface area contributed by atoms with Gasteiger partial charge in [-0.3, -0.25) is 19.1 Å². The van der Waals surface area contributed by atoms with Crippen LogP contribution in [0.2, 0.25) is 0 Å². The first-order valence-electron chi connectivity index (χ1n) is 13.9. The molecule has 0 radical (unpaired) electrons. The van der Waals surface area contributed by atoms with Gasteiger partial charge in [0.15, 0.2) is 6.23 Å². The van der Waals surface area contributed by atoms with Crippen LogP contribution >= 0.6 is 0 Å². The Hall–Kier alpha value is -2.75. The number of hydrogen-bond acceptors (Lipinski definition) is 6. The number of amides is 1. The summed E-state index contributed by atoms with van der Waals surface area (Å²) in [5.74, 6) is 6.22. The second-order valence-electron chi connectivity index (χ2n) is 11.8. The maximum absolute atomic E-state index is 12.4. The molecule has 1 aromatic rings. The van der Waals surface area contributed by atoms with Gasteiger partial charge in [-0.1, -0.05) is 30.4 Å². The monoisotopic (exact) mass is 523 g/mol. The maximum atomic E-state index is 12.4. The summed E-state index contributed by atoms with van der Waals surface area (Å²) in [4.78, 5) is 37.8. The standard InChI is InChI=1S/C29H37N3O6/c1-2-3-4-5-15-10-17(15)19-12-21(19)22-13-20(22)18-11-16(18)6-7-24(33)30-14-23-26(35)27(36)28(38-23)32-9-8-25(34)31-29(32)37/h2-9,15-23,26-28,35-36H,10-14H2,1H3,(H,30,33)(H,31,34,37)/b3-2+,5-4+,7-6+/t15-,16+,17+,18-,19-,20+,21+,22-,23-,26-,27-,28-/m1/s1. The fourth-order valence-electron chi connectivity index (χ4n) is 6.88. The highest BCUT2D eigenvalue weighted by atomic mass is 16.6. The Morgan fingerprint density at radius 1 is 1.00 bits per heavy atom. The van der Waals surface area contributed by atoms with Gasteiger partial charge in [-0.15, -0.1) is 0 Å². The van der Waals surface area contributed by atoms with E-state index in [0.29, 0.717) is 11.8 Å². The van der Waals surface area contributed by atoms with E-state index in [2.05, 4.69) is 34.6 Å². The van der Waals surface area contributed by atoms with Gasteiger partial charge in [0.05, 0.1) is 0 Å². The number of aromatic nitrogens is 2. The molecule has 1 aliphatic heterocycles. The molecule has 0 unspecified atom stereocenters. The molecule has 9 heteroatoms. The molecule has 5 fully saturated rings. The van der Waals surface area contributed by atoms with E-state index in [4.69, 9.17) is 4.74 Å². The van der Waals surface area contributed by atoms with Crippen LogP contribution in [-0.4, -0.2) is 50.5 Å². The molecule has 12 atom stereocenters. The smallest absolute Gasteiger partial charge is 0.330 e. The normalized spacial score (nSPS) is 43.2. The summed E-state index contributed by atoms with van der Waals surface area (Å²) in [7, 11) is 0. The predicted octanol–water partition coefficient (Wildman–Crippen LogP) is 1.50. The Morgan fingerprint density at radius 2 is 1.66 bits per heavy atom. The van der Waals surface area contributed by atoms with Gasteiger partial charge >= 0.3 is 5.69 Å². The Labute approximate surface area is 221 Å². The van der Waals surface area contributed by atoms with E-state index in [1.165, 1.54) is 25.5 Å². The van der Waals surface area contributed by atoms with Crippen molar-refractivity contribution in [3.8, 4) is 0 Å². The molecule has 38 heavy (non-hydrogen) atoms. The quantitative estimate of drug-likeness (QED) is 0.271. The van der Waals surface area contributed by atoms with Crippen LogP contribution in [0.3, 0.4) is 0 Å². The van der Waals surface area contributed by atoms with E-state index in [9.17, 15) is 24.6 Å². The van der Waals surface area contributed by atoms with Gasteiger partial charge in [0, 0.05) is 18.8 Å². The molecule has 2 heterocycles. The number of nitrogens with zero attached hydrogens (tertiary/aromatic N) is 1. The van der Waals surface area contributed by atoms with Gasteiger partial charge in [0.1, 0.15) is 18.3 Å². The Kier molecular flexibility index (Phi) is 6.78. The molecule has 204 valence electrons. The predicted molar refractivity (Wildman–Crippen MR) is 140 cm³/mol. The lowest BCUT2D eigenvalue weighted by atomic mass is 10.1. The number of rotatable bonds is 10. The lowest BCUT2D eigenvalue weighted by molar-refractivity contribution is -0.117. The van der Waals surface area contributed by atoms with Crippen molar-refractivity contribution < 1.29 is 19.7 Å². The third-order valence-corrected chi connectivity index (χ3v) is 9.31. The minimum Gasteiger partial charge on any atom is -0.387 e. The molecular formula is C29H37N3O6. The second-order valence-corrected chi connectivity index (χ2v) is 11.8. The fourth-order valence-corrected chi connectivity index (χ4v) is 6.88. The summed E-state index contributed by atoms with van der Waals surface area (Å²) in [6.07, 6.45) is 14.1. The van der Waals surface area contributed by atoms with E-state index in [1.807, 2.05) is 13.0 Å². The molecule has 4 saturated carbocycles. The molecule has 5 aliphatic rings. The van der Waals surface area contributed by atoms with Crippen molar-refractivity contribution in [3.05, 3.63) is 69.6 Å². The van der Waals surface area contributed by atoms with Gasteiger partial charge in [-0.25, -0.2) is 4.79 Å². The zero-order chi connectivity index (χ0) is 26.6. The van der Waals surface area contributed by atoms with Crippen LogP contribution in [0.15, 0.2) is 58.3 Å². The number of allylic oxidation sites excluding steroid dienone is 5. The third kappa shape index (κ3) is 5.24. The van der Waals surface area contributed by atoms with E-state index < -0.39 is 35.8 Å². The van der Waals surface area contributed by atoms with Crippen LogP contribution in [-0.2, 0) is 9.53 Å². The Balaban J connectivity index is 0.916. The first-order valence-corrected chi connectivity index (χ1v) is 13.9. The van der Waals surface area contributed by atoms with E-state index in [-0.39, 0.29) is 12.5 Å². The molecule has 9 nitrogen and oxygen atoms in total. The molecule has 1 aromatic heterocycles. The number of aliphatic hydroxyl groups excluding tert-OH is 2.